The zero-order valence-corrected chi connectivity index (χ0v) is 12.7. The number of hydrogen-bond acceptors (Lipinski definition) is 2. The van der Waals surface area contributed by atoms with Gasteiger partial charge in [0.25, 0.3) is 0 Å². The molecule has 2 nitrogen and oxygen atoms in total. The summed E-state index contributed by atoms with van der Waals surface area (Å²) in [4.78, 5) is 0. The summed E-state index contributed by atoms with van der Waals surface area (Å²) in [6.07, 6.45) is 0.321. The lowest BCUT2D eigenvalue weighted by molar-refractivity contribution is 0.540. The Labute approximate surface area is 129 Å². The van der Waals surface area contributed by atoms with E-state index in [9.17, 15) is 8.78 Å². The molecule has 2 aromatic rings. The molecule has 0 spiro atoms. The number of benzene rings is 2. The van der Waals surface area contributed by atoms with E-state index < -0.39 is 11.6 Å². The third kappa shape index (κ3) is 3.76. The molecule has 1 atom stereocenters. The van der Waals surface area contributed by atoms with Crippen LogP contribution in [0.1, 0.15) is 17.2 Å². The van der Waals surface area contributed by atoms with Gasteiger partial charge in [0, 0.05) is 15.6 Å². The molecule has 1 unspecified atom stereocenters. The van der Waals surface area contributed by atoms with Crippen LogP contribution in [0.25, 0.3) is 0 Å². The van der Waals surface area contributed by atoms with Gasteiger partial charge in [0.1, 0.15) is 11.6 Å². The van der Waals surface area contributed by atoms with Gasteiger partial charge in [-0.2, -0.15) is 0 Å². The smallest absolute Gasteiger partial charge is 0.126 e. The molecule has 0 saturated carbocycles. The number of rotatable bonds is 4. The van der Waals surface area contributed by atoms with Crippen molar-refractivity contribution in [3.05, 3.63) is 68.7 Å². The maximum Gasteiger partial charge on any atom is 0.126 e. The predicted octanol–water partition coefficient (Wildman–Crippen LogP) is 4.13. The molecule has 0 aliphatic carbocycles. The van der Waals surface area contributed by atoms with E-state index in [0.29, 0.717) is 17.0 Å². The fourth-order valence-corrected chi connectivity index (χ4v) is 2.63. The lowest BCUT2D eigenvalue weighted by Crippen LogP contribution is -2.29. The van der Waals surface area contributed by atoms with E-state index in [1.54, 1.807) is 12.1 Å². The molecule has 0 aliphatic rings. The molecule has 0 heterocycles. The highest BCUT2D eigenvalue weighted by molar-refractivity contribution is 9.10. The molecule has 3 N–H and O–H groups in total. The molecular formula is C14H12BrClF2N2. The summed E-state index contributed by atoms with van der Waals surface area (Å²) in [5.41, 5.74) is 3.88. The summed E-state index contributed by atoms with van der Waals surface area (Å²) in [6, 6.07) is 8.40. The molecule has 0 fully saturated rings. The molecule has 0 bridgehead atoms. The van der Waals surface area contributed by atoms with Crippen LogP contribution < -0.4 is 11.3 Å². The Hall–Kier alpha value is -1.01. The number of hydrazine groups is 1. The second-order valence-corrected chi connectivity index (χ2v) is 5.69. The highest BCUT2D eigenvalue weighted by atomic mass is 79.9. The second kappa shape index (κ2) is 6.63. The van der Waals surface area contributed by atoms with E-state index in [0.717, 1.165) is 16.1 Å². The summed E-state index contributed by atoms with van der Waals surface area (Å²) in [6.45, 7) is 0. The van der Waals surface area contributed by atoms with Crippen LogP contribution in [0.15, 0.2) is 40.9 Å². The van der Waals surface area contributed by atoms with E-state index in [1.807, 2.05) is 6.07 Å². The average Bonchev–Trinajstić information content (AvgIpc) is 2.38. The van der Waals surface area contributed by atoms with Crippen LogP contribution in [0.3, 0.4) is 0 Å². The molecule has 0 amide bonds. The topological polar surface area (TPSA) is 38.0 Å². The van der Waals surface area contributed by atoms with E-state index in [-0.39, 0.29) is 6.04 Å². The summed E-state index contributed by atoms with van der Waals surface area (Å²) < 4.78 is 27.3. The Balaban J connectivity index is 2.31. The Kier molecular flexibility index (Phi) is 5.10. The van der Waals surface area contributed by atoms with Gasteiger partial charge in [0.2, 0.25) is 0 Å². The molecule has 0 aliphatic heterocycles. The molecule has 0 radical (unpaired) electrons. The predicted molar refractivity (Wildman–Crippen MR) is 79.3 cm³/mol. The third-order valence-corrected chi connectivity index (χ3v) is 3.73. The average molecular weight is 362 g/mol. The first kappa shape index (κ1) is 15.4. The highest BCUT2D eigenvalue weighted by Gasteiger charge is 2.15. The molecule has 0 saturated heterocycles. The number of nitrogens with two attached hydrogens (primary N) is 1. The lowest BCUT2D eigenvalue weighted by atomic mass is 9.99. The Bertz CT molecular complexity index is 602. The van der Waals surface area contributed by atoms with E-state index in [1.165, 1.54) is 12.1 Å². The second-order valence-electron chi connectivity index (χ2n) is 4.37. The van der Waals surface area contributed by atoms with E-state index in [2.05, 4.69) is 21.4 Å². The van der Waals surface area contributed by atoms with Gasteiger partial charge in [-0.15, -0.1) is 0 Å². The van der Waals surface area contributed by atoms with Gasteiger partial charge < -0.3 is 0 Å². The standard InChI is InChI=1S/C14H12BrClF2N2/c15-9-1-2-13(16)12(6-9)14(20-19)5-8-3-10(17)7-11(18)4-8/h1-4,6-7,14,20H,5,19H2. The van der Waals surface area contributed by atoms with Crippen LogP contribution in [0, 0.1) is 11.6 Å². The fraction of sp³-hybridized carbons (Fsp3) is 0.143. The SMILES string of the molecule is NNC(Cc1cc(F)cc(F)c1)c1cc(Br)ccc1Cl. The number of hydrogen-bond donors (Lipinski definition) is 2. The van der Waals surface area contributed by atoms with Crippen LogP contribution in [-0.4, -0.2) is 0 Å². The first-order valence-corrected chi connectivity index (χ1v) is 7.02. The molecule has 6 heteroatoms. The van der Waals surface area contributed by atoms with Gasteiger partial charge in [-0.1, -0.05) is 27.5 Å². The Morgan fingerprint density at radius 2 is 1.80 bits per heavy atom. The minimum Gasteiger partial charge on any atom is -0.271 e. The zero-order valence-electron chi connectivity index (χ0n) is 10.3. The van der Waals surface area contributed by atoms with Crippen LogP contribution >= 0.6 is 27.5 Å². The molecule has 2 rings (SSSR count). The lowest BCUT2D eigenvalue weighted by Gasteiger charge is -2.18. The van der Waals surface area contributed by atoms with Crippen LogP contribution in [0.2, 0.25) is 5.02 Å². The number of halogens is 4. The quantitative estimate of drug-likeness (QED) is 0.635. The Morgan fingerprint density at radius 1 is 1.15 bits per heavy atom. The van der Waals surface area contributed by atoms with E-state index >= 15 is 0 Å². The summed E-state index contributed by atoms with van der Waals surface area (Å²) >= 11 is 9.49. The zero-order chi connectivity index (χ0) is 14.7. The van der Waals surface area contributed by atoms with Crippen molar-refractivity contribution in [2.24, 2.45) is 5.84 Å². The summed E-state index contributed by atoms with van der Waals surface area (Å²) in [5, 5.41) is 0.535. The normalized spacial score (nSPS) is 12.4. The van der Waals surface area contributed by atoms with Gasteiger partial charge >= 0.3 is 0 Å². The molecular weight excluding hydrogens is 350 g/mol. The monoisotopic (exact) mass is 360 g/mol. The van der Waals surface area contributed by atoms with Crippen molar-refractivity contribution < 1.29 is 8.78 Å². The molecule has 0 aromatic heterocycles. The maximum atomic E-state index is 13.2. The third-order valence-electron chi connectivity index (χ3n) is 2.90. The fourth-order valence-electron chi connectivity index (χ4n) is 2.00. The van der Waals surface area contributed by atoms with E-state index in [4.69, 9.17) is 17.4 Å². The minimum absolute atomic E-state index is 0.321. The van der Waals surface area contributed by atoms with Crippen LogP contribution in [0.4, 0.5) is 8.78 Å². The van der Waals surface area contributed by atoms with Crippen molar-refractivity contribution in [3.63, 3.8) is 0 Å². The van der Waals surface area contributed by atoms with Crippen molar-refractivity contribution >= 4 is 27.5 Å². The van der Waals surface area contributed by atoms with Gasteiger partial charge in [0.05, 0.1) is 6.04 Å². The van der Waals surface area contributed by atoms with Crippen molar-refractivity contribution in [2.75, 3.05) is 0 Å². The van der Waals surface area contributed by atoms with Crippen LogP contribution in [0.5, 0.6) is 0 Å². The Morgan fingerprint density at radius 3 is 2.40 bits per heavy atom. The summed E-state index contributed by atoms with van der Waals surface area (Å²) in [7, 11) is 0. The maximum absolute atomic E-state index is 13.2. The van der Waals surface area contributed by atoms with Gasteiger partial charge in [-0.05, 0) is 47.9 Å². The molecule has 106 valence electrons. The van der Waals surface area contributed by atoms with Crippen molar-refractivity contribution in [3.8, 4) is 0 Å². The van der Waals surface area contributed by atoms with Crippen molar-refractivity contribution in [2.45, 2.75) is 12.5 Å². The van der Waals surface area contributed by atoms with Crippen molar-refractivity contribution in [1.29, 1.82) is 0 Å². The summed E-state index contributed by atoms with van der Waals surface area (Å²) in [5.74, 6) is 4.31. The largest absolute Gasteiger partial charge is 0.271 e. The first-order chi connectivity index (χ1) is 9.49. The first-order valence-electron chi connectivity index (χ1n) is 5.85. The molecule has 20 heavy (non-hydrogen) atoms. The minimum atomic E-state index is -0.615. The van der Waals surface area contributed by atoms with Gasteiger partial charge in [-0.25, -0.2) is 8.78 Å². The number of nitrogens with one attached hydrogen (secondary N) is 1. The van der Waals surface area contributed by atoms with Crippen molar-refractivity contribution in [1.82, 2.24) is 5.43 Å². The van der Waals surface area contributed by atoms with Crippen LogP contribution in [-0.2, 0) is 6.42 Å². The van der Waals surface area contributed by atoms with Gasteiger partial charge in [-0.3, -0.25) is 11.3 Å². The van der Waals surface area contributed by atoms with Gasteiger partial charge in [0.15, 0.2) is 0 Å². The highest BCUT2D eigenvalue weighted by Crippen LogP contribution is 2.28. The molecule has 2 aromatic carbocycles.